The molecule has 1 aliphatic heterocycles. The molecule has 5 heteroatoms. The first-order chi connectivity index (χ1) is 10.6. The standard InChI is InChI=1S/C17H26N2O3/c1-14-3-4-16(15(2)13-14)17(21)19(7-10-20)6-5-18-8-11-22-12-9-18/h3-4,13,20H,5-12H2,1-2H3. The molecule has 1 saturated heterocycles. The van der Waals surface area contributed by atoms with Gasteiger partial charge in [-0.25, -0.2) is 0 Å². The molecule has 0 spiro atoms. The molecule has 1 N–H and O–H groups in total. The largest absolute Gasteiger partial charge is 0.395 e. The highest BCUT2D eigenvalue weighted by atomic mass is 16.5. The van der Waals surface area contributed by atoms with Crippen LogP contribution >= 0.6 is 0 Å². The predicted octanol–water partition coefficient (Wildman–Crippen LogP) is 1.07. The minimum absolute atomic E-state index is 0.000176. The van der Waals surface area contributed by atoms with Crippen molar-refractivity contribution < 1.29 is 14.6 Å². The maximum atomic E-state index is 12.7. The quantitative estimate of drug-likeness (QED) is 0.854. The topological polar surface area (TPSA) is 53.0 Å². The van der Waals surface area contributed by atoms with Crippen LogP contribution in [-0.2, 0) is 4.74 Å². The third kappa shape index (κ3) is 4.53. The first-order valence-corrected chi connectivity index (χ1v) is 7.89. The number of amides is 1. The van der Waals surface area contributed by atoms with Crippen molar-refractivity contribution in [2.45, 2.75) is 13.8 Å². The highest BCUT2D eigenvalue weighted by Gasteiger charge is 2.19. The minimum Gasteiger partial charge on any atom is -0.395 e. The van der Waals surface area contributed by atoms with E-state index in [1.807, 2.05) is 32.0 Å². The van der Waals surface area contributed by atoms with Gasteiger partial charge in [-0.1, -0.05) is 17.7 Å². The summed E-state index contributed by atoms with van der Waals surface area (Å²) in [6.07, 6.45) is 0. The number of rotatable bonds is 6. The van der Waals surface area contributed by atoms with Crippen LogP contribution in [-0.4, -0.2) is 73.4 Å². The van der Waals surface area contributed by atoms with Gasteiger partial charge < -0.3 is 14.7 Å². The second kappa shape index (κ2) is 8.27. The number of carbonyl (C=O) groups excluding carboxylic acids is 1. The van der Waals surface area contributed by atoms with E-state index >= 15 is 0 Å². The highest BCUT2D eigenvalue weighted by Crippen LogP contribution is 2.13. The molecule has 0 bridgehead atoms. The number of morpholine rings is 1. The van der Waals surface area contributed by atoms with E-state index in [-0.39, 0.29) is 12.5 Å². The number of hydrogen-bond acceptors (Lipinski definition) is 4. The molecule has 5 nitrogen and oxygen atoms in total. The summed E-state index contributed by atoms with van der Waals surface area (Å²) in [4.78, 5) is 16.7. The SMILES string of the molecule is Cc1ccc(C(=O)N(CCO)CCN2CCOCC2)c(C)c1. The van der Waals surface area contributed by atoms with Gasteiger partial charge in [0.15, 0.2) is 0 Å². The fraction of sp³-hybridized carbons (Fsp3) is 0.588. The van der Waals surface area contributed by atoms with E-state index in [0.717, 1.165) is 49.5 Å². The summed E-state index contributed by atoms with van der Waals surface area (Å²) in [6.45, 7) is 9.11. The van der Waals surface area contributed by atoms with Crippen LogP contribution in [0.4, 0.5) is 0 Å². The van der Waals surface area contributed by atoms with Crippen LogP contribution in [0.2, 0.25) is 0 Å². The number of nitrogens with zero attached hydrogens (tertiary/aromatic N) is 2. The van der Waals surface area contributed by atoms with Crippen molar-refractivity contribution in [2.75, 3.05) is 52.5 Å². The Morgan fingerprint density at radius 2 is 2.00 bits per heavy atom. The molecule has 2 rings (SSSR count). The van der Waals surface area contributed by atoms with E-state index in [1.54, 1.807) is 4.90 Å². The molecular formula is C17H26N2O3. The maximum Gasteiger partial charge on any atom is 0.254 e. The number of aliphatic hydroxyl groups excluding tert-OH is 1. The number of benzene rings is 1. The second-order valence-electron chi connectivity index (χ2n) is 5.79. The van der Waals surface area contributed by atoms with Crippen LogP contribution in [0.3, 0.4) is 0 Å². The summed E-state index contributed by atoms with van der Waals surface area (Å²) in [6, 6.07) is 5.86. The molecule has 0 aromatic heterocycles. The number of ether oxygens (including phenoxy) is 1. The van der Waals surface area contributed by atoms with Crippen molar-refractivity contribution in [3.63, 3.8) is 0 Å². The molecule has 122 valence electrons. The lowest BCUT2D eigenvalue weighted by atomic mass is 10.0. The van der Waals surface area contributed by atoms with Gasteiger partial charge in [0.05, 0.1) is 19.8 Å². The van der Waals surface area contributed by atoms with Crippen LogP contribution in [0.15, 0.2) is 18.2 Å². The average Bonchev–Trinajstić information content (AvgIpc) is 2.52. The molecule has 0 saturated carbocycles. The summed E-state index contributed by atoms with van der Waals surface area (Å²) in [7, 11) is 0. The van der Waals surface area contributed by atoms with Crippen LogP contribution in [0.5, 0.6) is 0 Å². The Kier molecular flexibility index (Phi) is 6.36. The van der Waals surface area contributed by atoms with Gasteiger partial charge in [-0.15, -0.1) is 0 Å². The number of aliphatic hydroxyl groups is 1. The van der Waals surface area contributed by atoms with E-state index < -0.39 is 0 Å². The molecule has 1 aromatic carbocycles. The molecule has 0 unspecified atom stereocenters. The van der Waals surface area contributed by atoms with Gasteiger partial charge in [-0.3, -0.25) is 9.69 Å². The monoisotopic (exact) mass is 306 g/mol. The first kappa shape index (κ1) is 16.9. The molecule has 1 amide bonds. The molecule has 1 fully saturated rings. The Labute approximate surface area is 132 Å². The van der Waals surface area contributed by atoms with Gasteiger partial charge in [-0.05, 0) is 25.5 Å². The average molecular weight is 306 g/mol. The molecule has 0 atom stereocenters. The lowest BCUT2D eigenvalue weighted by Gasteiger charge is -2.30. The van der Waals surface area contributed by atoms with Crippen LogP contribution in [0, 0.1) is 13.8 Å². The van der Waals surface area contributed by atoms with Crippen molar-refractivity contribution in [3.8, 4) is 0 Å². The van der Waals surface area contributed by atoms with E-state index in [0.29, 0.717) is 13.1 Å². The van der Waals surface area contributed by atoms with E-state index in [9.17, 15) is 9.90 Å². The normalized spacial score (nSPS) is 15.8. The molecule has 1 aromatic rings. The van der Waals surface area contributed by atoms with Crippen molar-refractivity contribution >= 4 is 5.91 Å². The van der Waals surface area contributed by atoms with Crippen LogP contribution in [0.25, 0.3) is 0 Å². The zero-order valence-electron chi connectivity index (χ0n) is 13.5. The lowest BCUT2D eigenvalue weighted by molar-refractivity contribution is 0.0315. The van der Waals surface area contributed by atoms with Crippen LogP contribution < -0.4 is 0 Å². The van der Waals surface area contributed by atoms with Gasteiger partial charge in [0.25, 0.3) is 5.91 Å². The smallest absolute Gasteiger partial charge is 0.254 e. The van der Waals surface area contributed by atoms with Crippen molar-refractivity contribution in [1.29, 1.82) is 0 Å². The van der Waals surface area contributed by atoms with Crippen molar-refractivity contribution in [2.24, 2.45) is 0 Å². The molecule has 0 radical (unpaired) electrons. The number of aryl methyl sites for hydroxylation is 2. The van der Waals surface area contributed by atoms with Crippen molar-refractivity contribution in [1.82, 2.24) is 9.80 Å². The summed E-state index contributed by atoms with van der Waals surface area (Å²) >= 11 is 0. The second-order valence-corrected chi connectivity index (χ2v) is 5.79. The Bertz CT molecular complexity index is 499. The minimum atomic E-state index is -0.0141. The highest BCUT2D eigenvalue weighted by molar-refractivity contribution is 5.95. The fourth-order valence-electron chi connectivity index (χ4n) is 2.75. The molecular weight excluding hydrogens is 280 g/mol. The van der Waals surface area contributed by atoms with Crippen LogP contribution in [0.1, 0.15) is 21.5 Å². The van der Waals surface area contributed by atoms with Gasteiger partial charge >= 0.3 is 0 Å². The Balaban J connectivity index is 2.00. The lowest BCUT2D eigenvalue weighted by Crippen LogP contribution is -2.44. The molecule has 0 aliphatic carbocycles. The predicted molar refractivity (Wildman–Crippen MR) is 86.2 cm³/mol. The maximum absolute atomic E-state index is 12.7. The van der Waals surface area contributed by atoms with Crippen molar-refractivity contribution in [3.05, 3.63) is 34.9 Å². The molecule has 1 heterocycles. The fourth-order valence-corrected chi connectivity index (χ4v) is 2.75. The Morgan fingerprint density at radius 3 is 2.64 bits per heavy atom. The third-order valence-electron chi connectivity index (χ3n) is 4.06. The summed E-state index contributed by atoms with van der Waals surface area (Å²) in [5, 5.41) is 9.26. The molecule has 1 aliphatic rings. The van der Waals surface area contributed by atoms with Gasteiger partial charge in [0.2, 0.25) is 0 Å². The summed E-state index contributed by atoms with van der Waals surface area (Å²) in [5.74, 6) is -0.000176. The van der Waals surface area contributed by atoms with Gasteiger partial charge in [-0.2, -0.15) is 0 Å². The molecule has 22 heavy (non-hydrogen) atoms. The van der Waals surface area contributed by atoms with Gasteiger partial charge in [0.1, 0.15) is 0 Å². The number of hydrogen-bond donors (Lipinski definition) is 1. The third-order valence-corrected chi connectivity index (χ3v) is 4.06. The number of carbonyl (C=O) groups is 1. The first-order valence-electron chi connectivity index (χ1n) is 7.89. The summed E-state index contributed by atoms with van der Waals surface area (Å²) in [5.41, 5.74) is 2.86. The van der Waals surface area contributed by atoms with E-state index in [2.05, 4.69) is 4.90 Å². The Morgan fingerprint density at radius 1 is 1.27 bits per heavy atom. The van der Waals surface area contributed by atoms with E-state index in [4.69, 9.17) is 4.74 Å². The Hall–Kier alpha value is -1.43. The van der Waals surface area contributed by atoms with Gasteiger partial charge in [0, 0.05) is 38.3 Å². The summed E-state index contributed by atoms with van der Waals surface area (Å²) < 4.78 is 5.34. The zero-order valence-corrected chi connectivity index (χ0v) is 13.5. The zero-order chi connectivity index (χ0) is 15.9. The van der Waals surface area contributed by atoms with E-state index in [1.165, 1.54) is 0 Å².